The first kappa shape index (κ1) is 18.5. The number of hydrogen-bond acceptors (Lipinski definition) is 3. The average molecular weight is 391 g/mol. The van der Waals surface area contributed by atoms with Crippen molar-refractivity contribution in [2.45, 2.75) is 12.8 Å². The lowest BCUT2D eigenvalue weighted by molar-refractivity contribution is -0.954. The van der Waals surface area contributed by atoms with Crippen LogP contribution in [0.4, 0.5) is 4.39 Å². The zero-order chi connectivity index (χ0) is 18.6. The molecule has 7 heteroatoms. The van der Waals surface area contributed by atoms with Crippen molar-refractivity contribution in [3.63, 3.8) is 0 Å². The van der Waals surface area contributed by atoms with Gasteiger partial charge in [0.15, 0.2) is 0 Å². The molecular weight excluding hydrogens is 363 g/mol. The first-order valence-corrected chi connectivity index (χ1v) is 10.7. The summed E-state index contributed by atoms with van der Waals surface area (Å²) in [5.74, 6) is -0.248. The Hall–Kier alpha value is -1.83. The van der Waals surface area contributed by atoms with E-state index in [0.29, 0.717) is 5.69 Å². The van der Waals surface area contributed by atoms with E-state index < -0.39 is 0 Å². The summed E-state index contributed by atoms with van der Waals surface area (Å²) in [5, 5.41) is 2.58. The number of piperazine rings is 1. The summed E-state index contributed by atoms with van der Waals surface area (Å²) < 4.78 is 13.1. The lowest BCUT2D eigenvalue weighted by Crippen LogP contribution is -3.21. The second kappa shape index (κ2) is 8.46. The van der Waals surface area contributed by atoms with Crippen molar-refractivity contribution in [3.05, 3.63) is 41.2 Å². The highest BCUT2D eigenvalue weighted by molar-refractivity contribution is 7.13. The number of halogens is 1. The van der Waals surface area contributed by atoms with Gasteiger partial charge in [-0.15, -0.1) is 11.3 Å². The minimum Gasteiger partial charge on any atom is -0.330 e. The van der Waals surface area contributed by atoms with Crippen LogP contribution in [0.25, 0.3) is 10.6 Å². The van der Waals surface area contributed by atoms with Gasteiger partial charge in [0.05, 0.1) is 39.3 Å². The van der Waals surface area contributed by atoms with Crippen molar-refractivity contribution in [2.24, 2.45) is 0 Å². The fourth-order valence-electron chi connectivity index (χ4n) is 4.01. The van der Waals surface area contributed by atoms with Crippen LogP contribution in [0.3, 0.4) is 0 Å². The molecule has 0 saturated carbocycles. The highest BCUT2D eigenvalue weighted by Crippen LogP contribution is 2.24. The van der Waals surface area contributed by atoms with Gasteiger partial charge in [0.25, 0.3) is 5.91 Å². The van der Waals surface area contributed by atoms with Crippen molar-refractivity contribution in [1.82, 2.24) is 9.88 Å². The van der Waals surface area contributed by atoms with E-state index in [0.717, 1.165) is 36.8 Å². The van der Waals surface area contributed by atoms with Crippen LogP contribution in [0.5, 0.6) is 0 Å². The predicted octanol–water partition coefficient (Wildman–Crippen LogP) is -0.0314. The van der Waals surface area contributed by atoms with E-state index in [1.165, 1.54) is 62.5 Å². The van der Waals surface area contributed by atoms with E-state index in [-0.39, 0.29) is 11.7 Å². The molecule has 5 nitrogen and oxygen atoms in total. The van der Waals surface area contributed by atoms with Gasteiger partial charge in [-0.05, 0) is 24.3 Å². The third kappa shape index (κ3) is 4.54. The predicted molar refractivity (Wildman–Crippen MR) is 104 cm³/mol. The van der Waals surface area contributed by atoms with E-state index in [4.69, 9.17) is 0 Å². The Bertz CT molecular complexity index is 765. The average Bonchev–Trinajstić information content (AvgIpc) is 3.39. The molecule has 1 aromatic heterocycles. The number of hydrogen-bond donors (Lipinski definition) is 2. The monoisotopic (exact) mass is 390 g/mol. The lowest BCUT2D eigenvalue weighted by Gasteiger charge is -2.32. The van der Waals surface area contributed by atoms with Crippen molar-refractivity contribution in [2.75, 3.05) is 52.4 Å². The van der Waals surface area contributed by atoms with Crippen LogP contribution >= 0.6 is 11.3 Å². The number of nitrogens with one attached hydrogen (secondary N) is 2. The molecule has 0 radical (unpaired) electrons. The number of amides is 1. The van der Waals surface area contributed by atoms with Crippen LogP contribution in [0.1, 0.15) is 23.3 Å². The second-order valence-corrected chi connectivity index (χ2v) is 8.40. The lowest BCUT2D eigenvalue weighted by atomic mass is 10.2. The number of carbonyl (C=O) groups excluding carboxylic acids is 1. The Morgan fingerprint density at radius 2 is 1.67 bits per heavy atom. The highest BCUT2D eigenvalue weighted by atomic mass is 32.1. The zero-order valence-electron chi connectivity index (χ0n) is 15.5. The van der Waals surface area contributed by atoms with E-state index in [1.807, 2.05) is 10.3 Å². The topological polar surface area (TPSA) is 42.1 Å². The Labute approximate surface area is 163 Å². The molecule has 2 aliphatic rings. The number of thiazole rings is 1. The number of quaternary nitrogens is 2. The van der Waals surface area contributed by atoms with Crippen LogP contribution in [-0.4, -0.2) is 68.1 Å². The number of aromatic nitrogens is 1. The second-order valence-electron chi connectivity index (χ2n) is 7.54. The largest absolute Gasteiger partial charge is 0.330 e. The van der Waals surface area contributed by atoms with Gasteiger partial charge in [-0.2, -0.15) is 0 Å². The third-order valence-corrected chi connectivity index (χ3v) is 6.61. The van der Waals surface area contributed by atoms with Gasteiger partial charge in [0.1, 0.15) is 29.6 Å². The summed E-state index contributed by atoms with van der Waals surface area (Å²) in [6.07, 6.45) is 2.75. The van der Waals surface area contributed by atoms with Gasteiger partial charge >= 0.3 is 0 Å². The fourth-order valence-corrected chi connectivity index (χ4v) is 4.81. The number of nitrogens with zero attached hydrogens (tertiary/aromatic N) is 2. The minimum atomic E-state index is -0.265. The number of rotatable bonds is 5. The first-order valence-electron chi connectivity index (χ1n) is 9.87. The SMILES string of the molecule is O=C(c1csc(-c2ccc(F)cc2)n1)N1CC[NH+](CC[NH+]2CCCC2)CC1. The molecule has 27 heavy (non-hydrogen) atoms. The summed E-state index contributed by atoms with van der Waals surface area (Å²) in [7, 11) is 0. The molecule has 1 amide bonds. The van der Waals surface area contributed by atoms with Crippen LogP contribution in [0.15, 0.2) is 29.6 Å². The Morgan fingerprint density at radius 1 is 1.04 bits per heavy atom. The molecule has 2 aromatic rings. The molecular formula is C20H27FN4OS+2. The molecule has 1 aromatic carbocycles. The maximum Gasteiger partial charge on any atom is 0.273 e. The fraction of sp³-hybridized carbons (Fsp3) is 0.500. The molecule has 4 rings (SSSR count). The highest BCUT2D eigenvalue weighted by Gasteiger charge is 2.27. The molecule has 0 atom stereocenters. The maximum absolute atomic E-state index is 13.1. The molecule has 2 saturated heterocycles. The van der Waals surface area contributed by atoms with Crippen molar-refractivity contribution < 1.29 is 19.0 Å². The molecule has 0 unspecified atom stereocenters. The zero-order valence-corrected chi connectivity index (χ0v) is 16.4. The molecule has 0 aliphatic carbocycles. The Kier molecular flexibility index (Phi) is 5.80. The van der Waals surface area contributed by atoms with Gasteiger partial charge in [0.2, 0.25) is 0 Å². The molecule has 3 heterocycles. The molecule has 0 bridgehead atoms. The van der Waals surface area contributed by atoms with E-state index in [9.17, 15) is 9.18 Å². The van der Waals surface area contributed by atoms with Gasteiger partial charge in [-0.3, -0.25) is 4.79 Å². The molecule has 2 N–H and O–H groups in total. The summed E-state index contributed by atoms with van der Waals surface area (Å²) >= 11 is 1.43. The molecule has 2 fully saturated rings. The quantitative estimate of drug-likeness (QED) is 0.753. The van der Waals surface area contributed by atoms with Gasteiger partial charge in [0, 0.05) is 23.8 Å². The van der Waals surface area contributed by atoms with Crippen molar-refractivity contribution in [1.29, 1.82) is 0 Å². The van der Waals surface area contributed by atoms with Crippen LogP contribution < -0.4 is 9.80 Å². The minimum absolute atomic E-state index is 0.0174. The standard InChI is InChI=1S/C20H25FN4OS/c21-17-5-3-16(4-6-17)19-22-18(15-27-19)20(26)25-13-11-24(12-14-25)10-9-23-7-1-2-8-23/h3-6,15H,1-2,7-14H2/p+2. The van der Waals surface area contributed by atoms with E-state index >= 15 is 0 Å². The molecule has 144 valence electrons. The number of benzene rings is 1. The van der Waals surface area contributed by atoms with Gasteiger partial charge < -0.3 is 14.7 Å². The van der Waals surface area contributed by atoms with Gasteiger partial charge in [-0.1, -0.05) is 0 Å². The van der Waals surface area contributed by atoms with Crippen LogP contribution in [-0.2, 0) is 0 Å². The van der Waals surface area contributed by atoms with Crippen LogP contribution in [0.2, 0.25) is 0 Å². The van der Waals surface area contributed by atoms with Crippen molar-refractivity contribution in [3.8, 4) is 10.6 Å². The Morgan fingerprint density at radius 3 is 2.33 bits per heavy atom. The molecule has 0 spiro atoms. The number of carbonyl (C=O) groups is 1. The molecule has 2 aliphatic heterocycles. The summed E-state index contributed by atoms with van der Waals surface area (Å²) in [6, 6.07) is 6.24. The first-order chi connectivity index (χ1) is 13.2. The van der Waals surface area contributed by atoms with Crippen molar-refractivity contribution >= 4 is 17.2 Å². The Balaban J connectivity index is 1.29. The maximum atomic E-state index is 13.1. The smallest absolute Gasteiger partial charge is 0.273 e. The summed E-state index contributed by atoms with van der Waals surface area (Å²) in [6.45, 7) is 8.77. The normalized spacial score (nSPS) is 18.9. The van der Waals surface area contributed by atoms with E-state index in [1.54, 1.807) is 21.9 Å². The summed E-state index contributed by atoms with van der Waals surface area (Å²) in [5.41, 5.74) is 1.35. The number of likely N-dealkylation sites (tertiary alicyclic amines) is 1. The van der Waals surface area contributed by atoms with Crippen LogP contribution in [0, 0.1) is 5.82 Å². The van der Waals surface area contributed by atoms with Gasteiger partial charge in [-0.25, -0.2) is 9.37 Å². The van der Waals surface area contributed by atoms with E-state index in [2.05, 4.69) is 4.98 Å². The summed E-state index contributed by atoms with van der Waals surface area (Å²) in [4.78, 5) is 22.5. The third-order valence-electron chi connectivity index (χ3n) is 5.72.